The lowest BCUT2D eigenvalue weighted by molar-refractivity contribution is 0.177. The summed E-state index contributed by atoms with van der Waals surface area (Å²) in [6, 6.07) is 8.47. The third-order valence-corrected chi connectivity index (χ3v) is 3.20. The van der Waals surface area contributed by atoms with Crippen molar-refractivity contribution < 1.29 is 4.74 Å². The Balaban J connectivity index is 2.54. The van der Waals surface area contributed by atoms with Crippen LogP contribution in [0.1, 0.15) is 47.1 Å². The highest BCUT2D eigenvalue weighted by Crippen LogP contribution is 2.25. The van der Waals surface area contributed by atoms with Gasteiger partial charge in [-0.3, -0.25) is 0 Å². The second-order valence-electron chi connectivity index (χ2n) is 7.01. The van der Waals surface area contributed by atoms with Gasteiger partial charge in [0.2, 0.25) is 0 Å². The fraction of sp³-hybridized carbons (Fsp3) is 0.647. The van der Waals surface area contributed by atoms with Crippen LogP contribution in [0.25, 0.3) is 0 Å². The van der Waals surface area contributed by atoms with Crippen molar-refractivity contribution >= 4 is 0 Å². The molecule has 0 heterocycles. The van der Waals surface area contributed by atoms with Gasteiger partial charge < -0.3 is 10.1 Å². The Labute approximate surface area is 118 Å². The molecule has 0 fully saturated rings. The molecule has 0 amide bonds. The zero-order chi connectivity index (χ0) is 14.5. The molecule has 1 rings (SSSR count). The van der Waals surface area contributed by atoms with E-state index < -0.39 is 0 Å². The summed E-state index contributed by atoms with van der Waals surface area (Å²) in [5.41, 5.74) is 1.69. The van der Waals surface area contributed by atoms with Gasteiger partial charge in [0.15, 0.2) is 0 Å². The first-order valence-corrected chi connectivity index (χ1v) is 7.19. The molecule has 0 aromatic heterocycles. The Morgan fingerprint density at radius 3 is 2.05 bits per heavy atom. The molecule has 0 bridgehead atoms. The van der Waals surface area contributed by atoms with Crippen molar-refractivity contribution in [3.8, 4) is 5.75 Å². The van der Waals surface area contributed by atoms with E-state index in [9.17, 15) is 0 Å². The lowest BCUT2D eigenvalue weighted by Gasteiger charge is -2.25. The van der Waals surface area contributed by atoms with Crippen LogP contribution in [-0.2, 0) is 5.41 Å². The number of nitrogens with one attached hydrogen (secondary N) is 1. The highest BCUT2D eigenvalue weighted by Gasteiger charge is 2.18. The first-order valence-electron chi connectivity index (χ1n) is 7.19. The highest BCUT2D eigenvalue weighted by molar-refractivity contribution is 5.31. The lowest BCUT2D eigenvalue weighted by atomic mass is 9.87. The average molecular weight is 263 g/mol. The summed E-state index contributed by atoms with van der Waals surface area (Å²) in [7, 11) is 0. The van der Waals surface area contributed by atoms with E-state index in [1.54, 1.807) is 0 Å². The number of rotatable bonds is 6. The van der Waals surface area contributed by atoms with Crippen LogP contribution in [-0.4, -0.2) is 19.7 Å². The molecule has 0 atom stereocenters. The van der Waals surface area contributed by atoms with Gasteiger partial charge in [0, 0.05) is 12.0 Å². The van der Waals surface area contributed by atoms with Crippen LogP contribution in [0.5, 0.6) is 5.75 Å². The molecular formula is C17H29NO. The van der Waals surface area contributed by atoms with Crippen molar-refractivity contribution in [1.29, 1.82) is 0 Å². The van der Waals surface area contributed by atoms with Gasteiger partial charge in [0.1, 0.15) is 5.75 Å². The van der Waals surface area contributed by atoms with Crippen LogP contribution < -0.4 is 10.1 Å². The standard InChI is InChI=1S/C17H29NO/c1-7-18-12-17(5,6)13-19-15-10-8-14(9-11-15)16(2,3)4/h8-11,18H,7,12-13H2,1-6H3. The van der Waals surface area contributed by atoms with E-state index in [1.165, 1.54) is 5.56 Å². The number of hydrogen-bond acceptors (Lipinski definition) is 2. The van der Waals surface area contributed by atoms with Crippen LogP contribution in [0.4, 0.5) is 0 Å². The van der Waals surface area contributed by atoms with E-state index in [0.717, 1.165) is 25.4 Å². The summed E-state index contributed by atoms with van der Waals surface area (Å²) in [5.74, 6) is 0.956. The maximum atomic E-state index is 5.90. The summed E-state index contributed by atoms with van der Waals surface area (Å²) < 4.78 is 5.90. The third kappa shape index (κ3) is 5.65. The van der Waals surface area contributed by atoms with Gasteiger partial charge in [-0.1, -0.05) is 53.7 Å². The molecule has 19 heavy (non-hydrogen) atoms. The van der Waals surface area contributed by atoms with Crippen molar-refractivity contribution in [3.63, 3.8) is 0 Å². The van der Waals surface area contributed by atoms with Gasteiger partial charge in [-0.05, 0) is 29.7 Å². The van der Waals surface area contributed by atoms with Crippen molar-refractivity contribution in [3.05, 3.63) is 29.8 Å². The minimum atomic E-state index is 0.151. The van der Waals surface area contributed by atoms with Gasteiger partial charge >= 0.3 is 0 Å². The van der Waals surface area contributed by atoms with E-state index in [4.69, 9.17) is 4.74 Å². The molecule has 0 aliphatic carbocycles. The summed E-state index contributed by atoms with van der Waals surface area (Å²) in [6.45, 7) is 16.0. The zero-order valence-electron chi connectivity index (χ0n) is 13.3. The predicted octanol–water partition coefficient (Wildman–Crippen LogP) is 4.00. The Morgan fingerprint density at radius 1 is 1.00 bits per heavy atom. The number of hydrogen-bond donors (Lipinski definition) is 1. The van der Waals surface area contributed by atoms with Crippen LogP contribution in [0.2, 0.25) is 0 Å². The normalized spacial score (nSPS) is 12.5. The van der Waals surface area contributed by atoms with Gasteiger partial charge in [-0.25, -0.2) is 0 Å². The molecule has 0 saturated heterocycles. The zero-order valence-corrected chi connectivity index (χ0v) is 13.3. The maximum absolute atomic E-state index is 5.90. The van der Waals surface area contributed by atoms with Gasteiger partial charge in [-0.2, -0.15) is 0 Å². The molecule has 0 saturated carbocycles. The number of ether oxygens (including phenoxy) is 1. The Hall–Kier alpha value is -1.02. The second-order valence-corrected chi connectivity index (χ2v) is 7.01. The SMILES string of the molecule is CCNCC(C)(C)COc1ccc(C(C)(C)C)cc1. The Bertz CT molecular complexity index is 373. The fourth-order valence-electron chi connectivity index (χ4n) is 1.84. The molecule has 1 aromatic carbocycles. The summed E-state index contributed by atoms with van der Waals surface area (Å²) >= 11 is 0. The molecule has 0 spiro atoms. The molecule has 2 heteroatoms. The molecule has 0 radical (unpaired) electrons. The molecule has 2 nitrogen and oxygen atoms in total. The van der Waals surface area contributed by atoms with E-state index in [2.05, 4.69) is 71.1 Å². The van der Waals surface area contributed by atoms with Crippen LogP contribution >= 0.6 is 0 Å². The lowest BCUT2D eigenvalue weighted by Crippen LogP contribution is -2.34. The molecular weight excluding hydrogens is 234 g/mol. The largest absolute Gasteiger partial charge is 0.493 e. The van der Waals surface area contributed by atoms with Crippen molar-refractivity contribution in [1.82, 2.24) is 5.32 Å². The van der Waals surface area contributed by atoms with E-state index in [0.29, 0.717) is 0 Å². The minimum absolute atomic E-state index is 0.151. The van der Waals surface area contributed by atoms with Crippen molar-refractivity contribution in [2.75, 3.05) is 19.7 Å². The van der Waals surface area contributed by atoms with Crippen molar-refractivity contribution in [2.24, 2.45) is 5.41 Å². The monoisotopic (exact) mass is 263 g/mol. The molecule has 1 N–H and O–H groups in total. The van der Waals surface area contributed by atoms with E-state index >= 15 is 0 Å². The summed E-state index contributed by atoms with van der Waals surface area (Å²) in [5, 5.41) is 3.37. The van der Waals surface area contributed by atoms with Crippen LogP contribution in [0, 0.1) is 5.41 Å². The first kappa shape index (κ1) is 16.0. The molecule has 0 unspecified atom stereocenters. The molecule has 1 aromatic rings. The van der Waals surface area contributed by atoms with Gasteiger partial charge in [-0.15, -0.1) is 0 Å². The van der Waals surface area contributed by atoms with Gasteiger partial charge in [0.25, 0.3) is 0 Å². The third-order valence-electron chi connectivity index (χ3n) is 3.20. The topological polar surface area (TPSA) is 21.3 Å². The summed E-state index contributed by atoms with van der Waals surface area (Å²) in [6.07, 6.45) is 0. The van der Waals surface area contributed by atoms with Crippen LogP contribution in [0.3, 0.4) is 0 Å². The van der Waals surface area contributed by atoms with Crippen LogP contribution in [0.15, 0.2) is 24.3 Å². The Morgan fingerprint density at radius 2 is 1.58 bits per heavy atom. The molecule has 0 aliphatic heterocycles. The highest BCUT2D eigenvalue weighted by atomic mass is 16.5. The quantitative estimate of drug-likeness (QED) is 0.837. The first-order chi connectivity index (χ1) is 8.74. The summed E-state index contributed by atoms with van der Waals surface area (Å²) in [4.78, 5) is 0. The average Bonchev–Trinajstić information content (AvgIpc) is 2.34. The number of benzene rings is 1. The smallest absolute Gasteiger partial charge is 0.119 e. The van der Waals surface area contributed by atoms with E-state index in [-0.39, 0.29) is 10.8 Å². The molecule has 0 aliphatic rings. The minimum Gasteiger partial charge on any atom is -0.493 e. The van der Waals surface area contributed by atoms with Gasteiger partial charge in [0.05, 0.1) is 6.61 Å². The molecule has 108 valence electrons. The fourth-order valence-corrected chi connectivity index (χ4v) is 1.84. The predicted molar refractivity (Wildman–Crippen MR) is 83.0 cm³/mol. The van der Waals surface area contributed by atoms with Crippen molar-refractivity contribution in [2.45, 2.75) is 47.0 Å². The van der Waals surface area contributed by atoms with E-state index in [1.807, 2.05) is 0 Å². The Kier molecular flexibility index (Phi) is 5.42. The second kappa shape index (κ2) is 6.42. The maximum Gasteiger partial charge on any atom is 0.119 e.